The minimum Gasteiger partial charge on any atom is -0.443 e. The zero-order valence-corrected chi connectivity index (χ0v) is 13.6. The Bertz CT molecular complexity index is 535. The van der Waals surface area contributed by atoms with Crippen molar-refractivity contribution in [3.8, 4) is 0 Å². The molecule has 128 valence electrons. The number of halogens is 1. The Kier molecular flexibility index (Phi) is 6.18. The molecule has 1 unspecified atom stereocenters. The molecule has 2 N–H and O–H groups in total. The first kappa shape index (κ1) is 17.5. The SMILES string of the molecule is CC.NCC1CN(c2ccc(N3CCOCC3)c(F)c2)C(=O)O1. The summed E-state index contributed by atoms with van der Waals surface area (Å²) in [6.07, 6.45) is -0.816. The number of carbonyl (C=O) groups excluding carboxylic acids is 1. The Morgan fingerprint density at radius 3 is 2.57 bits per heavy atom. The van der Waals surface area contributed by atoms with Crippen LogP contribution < -0.4 is 15.5 Å². The summed E-state index contributed by atoms with van der Waals surface area (Å²) in [5, 5.41) is 0. The number of cyclic esters (lactones) is 1. The molecule has 1 amide bonds. The van der Waals surface area contributed by atoms with E-state index in [1.165, 1.54) is 11.0 Å². The molecule has 0 saturated carbocycles. The van der Waals surface area contributed by atoms with E-state index >= 15 is 0 Å². The third-order valence-electron chi connectivity index (χ3n) is 3.73. The highest BCUT2D eigenvalue weighted by Gasteiger charge is 2.32. The van der Waals surface area contributed by atoms with Crippen molar-refractivity contribution in [2.75, 3.05) is 49.2 Å². The van der Waals surface area contributed by atoms with Gasteiger partial charge in [0, 0.05) is 19.6 Å². The van der Waals surface area contributed by atoms with Gasteiger partial charge in [0.2, 0.25) is 0 Å². The van der Waals surface area contributed by atoms with Gasteiger partial charge in [-0.2, -0.15) is 0 Å². The highest BCUT2D eigenvalue weighted by atomic mass is 19.1. The molecule has 7 heteroatoms. The molecule has 0 spiro atoms. The molecule has 6 nitrogen and oxygen atoms in total. The molecular weight excluding hydrogens is 301 g/mol. The van der Waals surface area contributed by atoms with Crippen LogP contribution in [0.3, 0.4) is 0 Å². The predicted molar refractivity (Wildman–Crippen MR) is 87.4 cm³/mol. The fourth-order valence-corrected chi connectivity index (χ4v) is 2.58. The van der Waals surface area contributed by atoms with Crippen molar-refractivity contribution >= 4 is 17.5 Å². The van der Waals surface area contributed by atoms with E-state index in [1.807, 2.05) is 18.7 Å². The van der Waals surface area contributed by atoms with Gasteiger partial charge in [0.15, 0.2) is 0 Å². The number of rotatable bonds is 3. The number of nitrogens with two attached hydrogens (primary N) is 1. The number of nitrogens with zero attached hydrogens (tertiary/aromatic N) is 2. The molecule has 2 saturated heterocycles. The monoisotopic (exact) mass is 325 g/mol. The summed E-state index contributed by atoms with van der Waals surface area (Å²) in [7, 11) is 0. The zero-order chi connectivity index (χ0) is 16.8. The number of amides is 1. The first-order chi connectivity index (χ1) is 11.2. The molecule has 1 atom stereocenters. The van der Waals surface area contributed by atoms with Crippen LogP contribution in [-0.2, 0) is 9.47 Å². The van der Waals surface area contributed by atoms with Gasteiger partial charge in [-0.05, 0) is 18.2 Å². The van der Waals surface area contributed by atoms with Crippen LogP contribution in [0, 0.1) is 5.82 Å². The lowest BCUT2D eigenvalue weighted by Gasteiger charge is -2.29. The van der Waals surface area contributed by atoms with Crippen LogP contribution in [0.15, 0.2) is 18.2 Å². The van der Waals surface area contributed by atoms with Crippen LogP contribution >= 0.6 is 0 Å². The van der Waals surface area contributed by atoms with E-state index in [1.54, 1.807) is 12.1 Å². The van der Waals surface area contributed by atoms with Crippen LogP contribution in [0.2, 0.25) is 0 Å². The molecule has 2 aliphatic rings. The van der Waals surface area contributed by atoms with Gasteiger partial charge in [-0.3, -0.25) is 4.90 Å². The standard InChI is InChI=1S/C14H18FN3O3.C2H6/c15-12-7-10(18-9-11(8-16)21-14(18)19)1-2-13(12)17-3-5-20-6-4-17;1-2/h1-2,7,11H,3-6,8-9,16H2;1-2H3. The molecule has 0 aromatic heterocycles. The Hall–Kier alpha value is -1.86. The molecule has 0 bridgehead atoms. The van der Waals surface area contributed by atoms with Crippen LogP contribution in [0.4, 0.5) is 20.6 Å². The second-order valence-corrected chi connectivity index (χ2v) is 5.09. The maximum atomic E-state index is 14.3. The second-order valence-electron chi connectivity index (χ2n) is 5.09. The molecular formula is C16H24FN3O3. The lowest BCUT2D eigenvalue weighted by Crippen LogP contribution is -2.36. The van der Waals surface area contributed by atoms with Crippen LogP contribution in [0.1, 0.15) is 13.8 Å². The molecule has 1 aromatic carbocycles. The van der Waals surface area contributed by atoms with Gasteiger partial charge in [0.05, 0.1) is 31.1 Å². The van der Waals surface area contributed by atoms with E-state index in [4.69, 9.17) is 15.2 Å². The number of benzene rings is 1. The maximum Gasteiger partial charge on any atom is 0.414 e. The molecule has 2 heterocycles. The quantitative estimate of drug-likeness (QED) is 0.920. The summed E-state index contributed by atoms with van der Waals surface area (Å²) in [4.78, 5) is 15.1. The molecule has 1 aromatic rings. The molecule has 0 aliphatic carbocycles. The smallest absolute Gasteiger partial charge is 0.414 e. The van der Waals surface area contributed by atoms with E-state index < -0.39 is 6.09 Å². The fraction of sp³-hybridized carbons (Fsp3) is 0.562. The van der Waals surface area contributed by atoms with Crippen molar-refractivity contribution in [1.29, 1.82) is 0 Å². The zero-order valence-electron chi connectivity index (χ0n) is 13.6. The van der Waals surface area contributed by atoms with E-state index in [-0.39, 0.29) is 18.5 Å². The summed E-state index contributed by atoms with van der Waals surface area (Å²) < 4.78 is 24.6. The highest BCUT2D eigenvalue weighted by Crippen LogP contribution is 2.28. The van der Waals surface area contributed by atoms with Gasteiger partial charge in [-0.25, -0.2) is 9.18 Å². The first-order valence-corrected chi connectivity index (χ1v) is 7.99. The van der Waals surface area contributed by atoms with E-state index in [2.05, 4.69) is 0 Å². The molecule has 2 aliphatic heterocycles. The Labute approximate surface area is 135 Å². The number of morpholine rings is 1. The Morgan fingerprint density at radius 2 is 2.00 bits per heavy atom. The summed E-state index contributed by atoms with van der Waals surface area (Å²) in [5.41, 5.74) is 6.51. The van der Waals surface area contributed by atoms with Gasteiger partial charge in [-0.15, -0.1) is 0 Å². The van der Waals surface area contributed by atoms with Gasteiger partial charge in [0.25, 0.3) is 0 Å². The summed E-state index contributed by atoms with van der Waals surface area (Å²) in [6.45, 7) is 7.13. The average Bonchev–Trinajstić information content (AvgIpc) is 2.98. The van der Waals surface area contributed by atoms with Gasteiger partial charge < -0.3 is 20.1 Å². The van der Waals surface area contributed by atoms with Gasteiger partial charge in [0.1, 0.15) is 11.9 Å². The number of anilines is 2. The number of carbonyl (C=O) groups is 1. The van der Waals surface area contributed by atoms with Gasteiger partial charge >= 0.3 is 6.09 Å². The van der Waals surface area contributed by atoms with Crippen LogP contribution in [0.5, 0.6) is 0 Å². The molecule has 2 fully saturated rings. The fourth-order valence-electron chi connectivity index (χ4n) is 2.58. The lowest BCUT2D eigenvalue weighted by atomic mass is 10.2. The van der Waals surface area contributed by atoms with E-state index in [0.717, 1.165) is 0 Å². The van der Waals surface area contributed by atoms with Gasteiger partial charge in [-0.1, -0.05) is 13.8 Å². The maximum absolute atomic E-state index is 14.3. The first-order valence-electron chi connectivity index (χ1n) is 7.99. The minimum absolute atomic E-state index is 0.260. The molecule has 0 radical (unpaired) electrons. The van der Waals surface area contributed by atoms with Crippen molar-refractivity contribution in [2.45, 2.75) is 20.0 Å². The van der Waals surface area contributed by atoms with Crippen molar-refractivity contribution < 1.29 is 18.7 Å². The highest BCUT2D eigenvalue weighted by molar-refractivity contribution is 5.90. The third kappa shape index (κ3) is 3.92. The molecule has 23 heavy (non-hydrogen) atoms. The predicted octanol–water partition coefficient (Wildman–Crippen LogP) is 1.97. The average molecular weight is 325 g/mol. The minimum atomic E-state index is -0.482. The van der Waals surface area contributed by atoms with Crippen LogP contribution in [-0.4, -0.2) is 51.6 Å². The Balaban J connectivity index is 0.000000924. The normalized spacial score (nSPS) is 20.9. The Morgan fingerprint density at radius 1 is 1.30 bits per heavy atom. The van der Waals surface area contributed by atoms with Crippen LogP contribution in [0.25, 0.3) is 0 Å². The number of ether oxygens (including phenoxy) is 2. The van der Waals surface area contributed by atoms with Crippen molar-refractivity contribution in [3.05, 3.63) is 24.0 Å². The number of hydrogen-bond donors (Lipinski definition) is 1. The van der Waals surface area contributed by atoms with E-state index in [0.29, 0.717) is 44.2 Å². The number of hydrogen-bond acceptors (Lipinski definition) is 5. The third-order valence-corrected chi connectivity index (χ3v) is 3.73. The summed E-state index contributed by atoms with van der Waals surface area (Å²) in [6, 6.07) is 4.79. The molecule has 3 rings (SSSR count). The lowest BCUT2D eigenvalue weighted by molar-refractivity contribution is 0.122. The van der Waals surface area contributed by atoms with Crippen molar-refractivity contribution in [3.63, 3.8) is 0 Å². The largest absolute Gasteiger partial charge is 0.443 e. The summed E-state index contributed by atoms with van der Waals surface area (Å²) in [5.74, 6) is -0.349. The van der Waals surface area contributed by atoms with Crippen molar-refractivity contribution in [1.82, 2.24) is 0 Å². The van der Waals surface area contributed by atoms with Crippen molar-refractivity contribution in [2.24, 2.45) is 5.73 Å². The summed E-state index contributed by atoms with van der Waals surface area (Å²) >= 11 is 0. The second kappa shape index (κ2) is 8.12. The topological polar surface area (TPSA) is 68.0 Å². The van der Waals surface area contributed by atoms with E-state index in [9.17, 15) is 9.18 Å².